The summed E-state index contributed by atoms with van der Waals surface area (Å²) < 4.78 is 5.55. The summed E-state index contributed by atoms with van der Waals surface area (Å²) in [4.78, 5) is 2.52. The van der Waals surface area contributed by atoms with Gasteiger partial charge in [0.25, 0.3) is 0 Å². The first kappa shape index (κ1) is 15.8. The van der Waals surface area contributed by atoms with E-state index in [0.717, 1.165) is 45.6 Å². The smallest absolute Gasteiger partial charge is 0.104 e. The maximum atomic E-state index is 9.35. The monoisotopic (exact) mass is 279 g/mol. The van der Waals surface area contributed by atoms with E-state index < -0.39 is 0 Å². The molecule has 0 amide bonds. The van der Waals surface area contributed by atoms with Crippen molar-refractivity contribution in [3.05, 3.63) is 0 Å². The number of hydrogen-bond donors (Lipinski definition) is 1. The highest BCUT2D eigenvalue weighted by Crippen LogP contribution is 2.25. The zero-order valence-electron chi connectivity index (χ0n) is 13.2. The van der Waals surface area contributed by atoms with Crippen LogP contribution in [0.15, 0.2) is 0 Å². The molecule has 0 aromatic rings. The van der Waals surface area contributed by atoms with Crippen molar-refractivity contribution < 1.29 is 4.74 Å². The molecule has 0 spiro atoms. The van der Waals surface area contributed by atoms with Gasteiger partial charge in [0.05, 0.1) is 19.3 Å². The van der Waals surface area contributed by atoms with E-state index in [1.54, 1.807) is 0 Å². The van der Waals surface area contributed by atoms with Crippen LogP contribution in [0.5, 0.6) is 0 Å². The van der Waals surface area contributed by atoms with Gasteiger partial charge >= 0.3 is 0 Å². The summed E-state index contributed by atoms with van der Waals surface area (Å²) in [6.45, 7) is 10.4. The Morgan fingerprint density at radius 2 is 2.15 bits per heavy atom. The number of nitrogens with one attached hydrogen (secondary N) is 1. The highest BCUT2D eigenvalue weighted by atomic mass is 16.5. The second kappa shape index (κ2) is 6.43. The summed E-state index contributed by atoms with van der Waals surface area (Å²) in [7, 11) is 0. The van der Waals surface area contributed by atoms with Gasteiger partial charge in [-0.3, -0.25) is 10.2 Å². The van der Waals surface area contributed by atoms with Crippen LogP contribution in [0.4, 0.5) is 0 Å². The Morgan fingerprint density at radius 1 is 1.40 bits per heavy atom. The summed E-state index contributed by atoms with van der Waals surface area (Å²) in [5.74, 6) is 0. The van der Waals surface area contributed by atoms with Gasteiger partial charge in [0, 0.05) is 18.1 Å². The lowest BCUT2D eigenvalue weighted by Crippen LogP contribution is -2.53. The lowest BCUT2D eigenvalue weighted by Gasteiger charge is -2.42. The van der Waals surface area contributed by atoms with Gasteiger partial charge in [-0.1, -0.05) is 0 Å². The van der Waals surface area contributed by atoms with Crippen molar-refractivity contribution in [3.8, 4) is 6.07 Å². The lowest BCUT2D eigenvalue weighted by atomic mass is 9.95. The van der Waals surface area contributed by atoms with Crippen molar-refractivity contribution >= 4 is 0 Å². The number of nitriles is 1. The van der Waals surface area contributed by atoms with E-state index in [1.807, 2.05) is 6.92 Å². The first-order valence-electron chi connectivity index (χ1n) is 7.97. The second-order valence-corrected chi connectivity index (χ2v) is 7.17. The van der Waals surface area contributed by atoms with Gasteiger partial charge in [-0.05, 0) is 59.4 Å². The highest BCUT2D eigenvalue weighted by Gasteiger charge is 2.33. The van der Waals surface area contributed by atoms with Crippen molar-refractivity contribution in [3.63, 3.8) is 0 Å². The van der Waals surface area contributed by atoms with Crippen LogP contribution in [0, 0.1) is 11.3 Å². The van der Waals surface area contributed by atoms with Gasteiger partial charge in [-0.2, -0.15) is 5.26 Å². The fourth-order valence-corrected chi connectivity index (χ4v) is 2.92. The molecule has 1 saturated heterocycles. The first-order chi connectivity index (χ1) is 9.45. The van der Waals surface area contributed by atoms with Crippen LogP contribution in [0.25, 0.3) is 0 Å². The predicted molar refractivity (Wildman–Crippen MR) is 80.5 cm³/mol. The molecule has 0 radical (unpaired) electrons. The fourth-order valence-electron chi connectivity index (χ4n) is 2.92. The minimum absolute atomic E-state index is 0.156. The molecule has 114 valence electrons. The maximum absolute atomic E-state index is 9.35. The Hall–Kier alpha value is -0.630. The number of hydrogen-bond acceptors (Lipinski definition) is 4. The number of nitrogens with zero attached hydrogens (tertiary/aromatic N) is 2. The molecule has 1 heterocycles. The molecule has 1 aliphatic carbocycles. The minimum Gasteiger partial charge on any atom is -0.378 e. The third-order valence-electron chi connectivity index (χ3n) is 4.52. The van der Waals surface area contributed by atoms with E-state index >= 15 is 0 Å². The molecule has 1 saturated carbocycles. The predicted octanol–water partition coefficient (Wildman–Crippen LogP) is 2.30. The molecule has 2 rings (SSSR count). The Morgan fingerprint density at radius 3 is 2.75 bits per heavy atom. The molecule has 0 bridgehead atoms. The Bertz CT molecular complexity index is 359. The third kappa shape index (κ3) is 4.44. The summed E-state index contributed by atoms with van der Waals surface area (Å²) in [6.07, 6.45) is 5.69. The largest absolute Gasteiger partial charge is 0.378 e. The summed E-state index contributed by atoms with van der Waals surface area (Å²) in [5, 5.41) is 12.8. The van der Waals surface area contributed by atoms with Gasteiger partial charge in [0.15, 0.2) is 0 Å². The first-order valence-corrected chi connectivity index (χ1v) is 7.97. The Balaban J connectivity index is 1.68. The topological polar surface area (TPSA) is 48.3 Å². The molecule has 1 unspecified atom stereocenters. The zero-order chi connectivity index (χ0) is 14.6. The molecule has 0 aromatic carbocycles. The van der Waals surface area contributed by atoms with Crippen LogP contribution >= 0.6 is 0 Å². The van der Waals surface area contributed by atoms with E-state index in [2.05, 4.69) is 30.1 Å². The lowest BCUT2D eigenvalue weighted by molar-refractivity contribution is -0.0514. The number of ether oxygens (including phenoxy) is 1. The van der Waals surface area contributed by atoms with Crippen LogP contribution in [-0.2, 0) is 4.74 Å². The Labute approximate surface area is 123 Å². The number of unbranched alkanes of at least 4 members (excludes halogenated alkanes) is 1. The molecular weight excluding hydrogens is 250 g/mol. The van der Waals surface area contributed by atoms with E-state index in [0.29, 0.717) is 6.04 Å². The average molecular weight is 279 g/mol. The van der Waals surface area contributed by atoms with Crippen molar-refractivity contribution in [1.82, 2.24) is 10.2 Å². The maximum Gasteiger partial charge on any atom is 0.104 e. The average Bonchev–Trinajstić information content (AvgIpc) is 3.20. The molecule has 4 nitrogen and oxygen atoms in total. The van der Waals surface area contributed by atoms with Crippen molar-refractivity contribution in [2.75, 3.05) is 26.3 Å². The summed E-state index contributed by atoms with van der Waals surface area (Å²) in [5.41, 5.74) is -0.176. The normalized spacial score (nSPS) is 25.9. The molecular formula is C16H29N3O. The second-order valence-electron chi connectivity index (χ2n) is 7.17. The van der Waals surface area contributed by atoms with Gasteiger partial charge in [-0.25, -0.2) is 0 Å². The molecule has 2 aliphatic rings. The molecule has 2 fully saturated rings. The van der Waals surface area contributed by atoms with Crippen molar-refractivity contribution in [2.24, 2.45) is 0 Å². The van der Waals surface area contributed by atoms with Crippen molar-refractivity contribution in [1.29, 1.82) is 5.26 Å². The van der Waals surface area contributed by atoms with E-state index in [-0.39, 0.29) is 11.1 Å². The van der Waals surface area contributed by atoms with Crippen LogP contribution in [0.1, 0.15) is 52.9 Å². The van der Waals surface area contributed by atoms with Crippen LogP contribution in [0.3, 0.4) is 0 Å². The summed E-state index contributed by atoms with van der Waals surface area (Å²) in [6, 6.07) is 3.05. The molecule has 1 atom stereocenters. The molecule has 0 aromatic heterocycles. The van der Waals surface area contributed by atoms with Gasteiger partial charge < -0.3 is 4.74 Å². The SMILES string of the molecule is CC(C#N)(CCCCN1CCOCC1(C)C)NC1CC1. The van der Waals surface area contributed by atoms with Crippen LogP contribution < -0.4 is 5.32 Å². The zero-order valence-corrected chi connectivity index (χ0v) is 13.2. The molecule has 1 N–H and O–H groups in total. The van der Waals surface area contributed by atoms with Crippen LogP contribution in [0.2, 0.25) is 0 Å². The van der Waals surface area contributed by atoms with Gasteiger partial charge in [0.2, 0.25) is 0 Å². The fraction of sp³-hybridized carbons (Fsp3) is 0.938. The third-order valence-corrected chi connectivity index (χ3v) is 4.52. The van der Waals surface area contributed by atoms with Crippen molar-refractivity contribution in [2.45, 2.75) is 70.0 Å². The molecule has 4 heteroatoms. The van der Waals surface area contributed by atoms with E-state index in [4.69, 9.17) is 4.74 Å². The molecule has 20 heavy (non-hydrogen) atoms. The minimum atomic E-state index is -0.332. The molecule has 1 aliphatic heterocycles. The highest BCUT2D eigenvalue weighted by molar-refractivity contribution is 5.06. The Kier molecular flexibility index (Phi) is 5.06. The van der Waals surface area contributed by atoms with E-state index in [1.165, 1.54) is 12.8 Å². The van der Waals surface area contributed by atoms with Gasteiger partial charge in [0.1, 0.15) is 5.54 Å². The van der Waals surface area contributed by atoms with E-state index in [9.17, 15) is 5.26 Å². The quantitative estimate of drug-likeness (QED) is 0.727. The number of morpholine rings is 1. The number of rotatable bonds is 7. The van der Waals surface area contributed by atoms with Crippen LogP contribution in [-0.4, -0.2) is 48.3 Å². The standard InChI is InChI=1S/C16H29N3O/c1-15(2)13-20-11-10-19(15)9-5-4-8-16(3,12-17)18-14-6-7-14/h14,18H,4-11,13H2,1-3H3. The summed E-state index contributed by atoms with van der Waals surface area (Å²) >= 11 is 0. The van der Waals surface area contributed by atoms with Gasteiger partial charge in [-0.15, -0.1) is 0 Å².